The van der Waals surface area contributed by atoms with E-state index in [9.17, 15) is 0 Å². The van der Waals surface area contributed by atoms with Gasteiger partial charge in [-0.1, -0.05) is 61.5 Å². The van der Waals surface area contributed by atoms with Crippen LogP contribution in [-0.2, 0) is 0 Å². The molecule has 3 heteroatoms. The monoisotopic (exact) mass is 301 g/mol. The summed E-state index contributed by atoms with van der Waals surface area (Å²) in [6.45, 7) is 2.29. The second-order valence-electron chi connectivity index (χ2n) is 5.42. The average molecular weight is 301 g/mol. The molecule has 0 aliphatic rings. The summed E-state index contributed by atoms with van der Waals surface area (Å²) in [5.74, 6) is 2.17. The highest BCUT2D eigenvalue weighted by atomic mass is 32.2. The normalized spacial score (nSPS) is 13.9. The van der Waals surface area contributed by atoms with Crippen LogP contribution in [0.2, 0.25) is 0 Å². The summed E-state index contributed by atoms with van der Waals surface area (Å²) in [4.78, 5) is 0. The lowest BCUT2D eigenvalue weighted by molar-refractivity contribution is 0.250. The molecule has 0 saturated carbocycles. The van der Waals surface area contributed by atoms with E-state index < -0.39 is 0 Å². The Morgan fingerprint density at radius 1 is 0.952 bits per heavy atom. The van der Waals surface area contributed by atoms with E-state index in [4.69, 9.17) is 10.8 Å². The Morgan fingerprint density at radius 2 is 1.57 bits per heavy atom. The molecule has 2 nitrogen and oxygen atoms in total. The molecule has 2 aromatic carbocycles. The fourth-order valence-corrected chi connectivity index (χ4v) is 3.19. The average Bonchev–Trinajstić information content (AvgIpc) is 2.55. The minimum absolute atomic E-state index is 0.0470. The first-order valence-electron chi connectivity index (χ1n) is 7.30. The third-order valence-electron chi connectivity index (χ3n) is 3.46. The molecule has 0 aromatic heterocycles. The van der Waals surface area contributed by atoms with Gasteiger partial charge in [-0.2, -0.15) is 11.8 Å². The largest absolute Gasteiger partial charge is 0.396 e. The predicted octanol–water partition coefficient (Wildman–Crippen LogP) is 3.72. The highest BCUT2D eigenvalue weighted by Crippen LogP contribution is 2.23. The Morgan fingerprint density at radius 3 is 2.19 bits per heavy atom. The van der Waals surface area contributed by atoms with Crippen LogP contribution < -0.4 is 5.73 Å². The Hall–Kier alpha value is -1.29. The van der Waals surface area contributed by atoms with Gasteiger partial charge in [0, 0.05) is 18.4 Å². The number of hydrogen-bond donors (Lipinski definition) is 2. The first kappa shape index (κ1) is 16.1. The van der Waals surface area contributed by atoms with Gasteiger partial charge >= 0.3 is 0 Å². The molecule has 0 radical (unpaired) electrons. The van der Waals surface area contributed by atoms with Crippen LogP contribution in [-0.4, -0.2) is 23.2 Å². The predicted molar refractivity (Wildman–Crippen MR) is 92.4 cm³/mol. The molecular weight excluding hydrogens is 278 g/mol. The summed E-state index contributed by atoms with van der Waals surface area (Å²) in [6.07, 6.45) is 0. The Labute approximate surface area is 131 Å². The van der Waals surface area contributed by atoms with Crippen LogP contribution in [0.25, 0.3) is 11.1 Å². The lowest BCUT2D eigenvalue weighted by atomic mass is 10.0. The van der Waals surface area contributed by atoms with Crippen LogP contribution in [0, 0.1) is 5.92 Å². The number of aliphatic hydroxyl groups excluding tert-OH is 1. The molecule has 3 N–H and O–H groups in total. The van der Waals surface area contributed by atoms with Gasteiger partial charge in [-0.3, -0.25) is 0 Å². The van der Waals surface area contributed by atoms with Gasteiger partial charge in [-0.25, -0.2) is 0 Å². The zero-order valence-electron chi connectivity index (χ0n) is 12.4. The molecule has 2 rings (SSSR count). The van der Waals surface area contributed by atoms with Crippen LogP contribution in [0.3, 0.4) is 0 Å². The molecule has 0 bridgehead atoms. The van der Waals surface area contributed by atoms with E-state index >= 15 is 0 Å². The first-order chi connectivity index (χ1) is 10.2. The van der Waals surface area contributed by atoms with Crippen LogP contribution in [0.15, 0.2) is 54.6 Å². The van der Waals surface area contributed by atoms with Gasteiger partial charge in [0.1, 0.15) is 0 Å². The van der Waals surface area contributed by atoms with E-state index in [1.54, 1.807) is 11.8 Å². The van der Waals surface area contributed by atoms with Crippen molar-refractivity contribution < 1.29 is 5.11 Å². The van der Waals surface area contributed by atoms with Crippen molar-refractivity contribution in [3.63, 3.8) is 0 Å². The topological polar surface area (TPSA) is 46.2 Å². The van der Waals surface area contributed by atoms with Gasteiger partial charge in [0.15, 0.2) is 0 Å². The van der Waals surface area contributed by atoms with Gasteiger partial charge in [-0.15, -0.1) is 0 Å². The van der Waals surface area contributed by atoms with Crippen molar-refractivity contribution >= 4 is 11.8 Å². The standard InChI is InChI=1S/C18H23NOS/c1-14(11-20)12-21-13-18(19)17-9-7-16(8-10-17)15-5-3-2-4-6-15/h2-10,14,18,20H,11-13,19H2,1H3. The lowest BCUT2D eigenvalue weighted by Crippen LogP contribution is -2.14. The molecule has 0 heterocycles. The first-order valence-corrected chi connectivity index (χ1v) is 8.45. The molecule has 2 aromatic rings. The number of nitrogens with two attached hydrogens (primary N) is 1. The van der Waals surface area contributed by atoms with E-state index in [1.807, 2.05) is 25.1 Å². The van der Waals surface area contributed by atoms with E-state index in [0.29, 0.717) is 5.92 Å². The molecule has 0 fully saturated rings. The minimum Gasteiger partial charge on any atom is -0.396 e. The lowest BCUT2D eigenvalue weighted by Gasteiger charge is -2.14. The van der Waals surface area contributed by atoms with Crippen molar-refractivity contribution in [3.05, 3.63) is 60.2 Å². The molecule has 0 aliphatic heterocycles. The van der Waals surface area contributed by atoms with Crippen LogP contribution in [0.4, 0.5) is 0 Å². The molecule has 0 amide bonds. The van der Waals surface area contributed by atoms with E-state index in [2.05, 4.69) is 36.4 Å². The van der Waals surface area contributed by atoms with Crippen molar-refractivity contribution in [1.82, 2.24) is 0 Å². The van der Waals surface area contributed by atoms with E-state index in [-0.39, 0.29) is 12.6 Å². The summed E-state index contributed by atoms with van der Waals surface area (Å²) in [6, 6.07) is 18.9. The third-order valence-corrected chi connectivity index (χ3v) is 4.86. The van der Waals surface area contributed by atoms with Crippen molar-refractivity contribution in [2.75, 3.05) is 18.1 Å². The Bertz CT molecular complexity index is 527. The number of thioether (sulfide) groups is 1. The molecule has 21 heavy (non-hydrogen) atoms. The van der Waals surface area contributed by atoms with Crippen molar-refractivity contribution in [3.8, 4) is 11.1 Å². The van der Waals surface area contributed by atoms with Gasteiger partial charge in [-0.05, 0) is 28.4 Å². The second kappa shape index (κ2) is 8.23. The molecule has 2 unspecified atom stereocenters. The van der Waals surface area contributed by atoms with Crippen LogP contribution >= 0.6 is 11.8 Å². The van der Waals surface area contributed by atoms with Crippen LogP contribution in [0.5, 0.6) is 0 Å². The van der Waals surface area contributed by atoms with Gasteiger partial charge in [0.2, 0.25) is 0 Å². The number of hydrogen-bond acceptors (Lipinski definition) is 3. The molecule has 2 atom stereocenters. The third kappa shape index (κ3) is 4.88. The zero-order valence-corrected chi connectivity index (χ0v) is 13.2. The summed E-state index contributed by atoms with van der Waals surface area (Å²) >= 11 is 1.80. The quantitative estimate of drug-likeness (QED) is 0.819. The van der Waals surface area contributed by atoms with Crippen molar-refractivity contribution in [2.45, 2.75) is 13.0 Å². The molecular formula is C18H23NOS. The number of aliphatic hydroxyl groups is 1. The highest BCUT2D eigenvalue weighted by Gasteiger charge is 2.08. The Balaban J connectivity index is 1.92. The summed E-state index contributed by atoms with van der Waals surface area (Å²) in [5.41, 5.74) is 9.84. The molecule has 0 spiro atoms. The van der Waals surface area contributed by atoms with Gasteiger partial charge in [0.05, 0.1) is 0 Å². The summed E-state index contributed by atoms with van der Waals surface area (Å²) < 4.78 is 0. The Kier molecular flexibility index (Phi) is 6.30. The smallest absolute Gasteiger partial charge is 0.0464 e. The maximum absolute atomic E-state index is 9.01. The molecule has 0 aliphatic carbocycles. The fourth-order valence-electron chi connectivity index (χ4n) is 2.10. The van der Waals surface area contributed by atoms with E-state index in [1.165, 1.54) is 16.7 Å². The molecule has 0 saturated heterocycles. The zero-order chi connectivity index (χ0) is 15.1. The summed E-state index contributed by atoms with van der Waals surface area (Å²) in [7, 11) is 0. The maximum atomic E-state index is 9.01. The second-order valence-corrected chi connectivity index (χ2v) is 6.49. The summed E-state index contributed by atoms with van der Waals surface area (Å²) in [5, 5.41) is 9.01. The highest BCUT2D eigenvalue weighted by molar-refractivity contribution is 7.99. The number of benzene rings is 2. The van der Waals surface area contributed by atoms with E-state index in [0.717, 1.165) is 11.5 Å². The van der Waals surface area contributed by atoms with Crippen molar-refractivity contribution in [1.29, 1.82) is 0 Å². The van der Waals surface area contributed by atoms with Gasteiger partial charge < -0.3 is 10.8 Å². The van der Waals surface area contributed by atoms with Gasteiger partial charge in [0.25, 0.3) is 0 Å². The SMILES string of the molecule is CC(CO)CSCC(N)c1ccc(-c2ccccc2)cc1. The number of rotatable bonds is 7. The molecule has 112 valence electrons. The fraction of sp³-hybridized carbons (Fsp3) is 0.333. The van der Waals surface area contributed by atoms with Crippen molar-refractivity contribution in [2.24, 2.45) is 11.7 Å². The minimum atomic E-state index is 0.0470. The maximum Gasteiger partial charge on any atom is 0.0464 e. The van der Waals surface area contributed by atoms with Crippen LogP contribution in [0.1, 0.15) is 18.5 Å².